The number of pyridine rings is 1. The van der Waals surface area contributed by atoms with E-state index < -0.39 is 0 Å². The van der Waals surface area contributed by atoms with Gasteiger partial charge in [0.1, 0.15) is 0 Å². The fraction of sp³-hybridized carbons (Fsp3) is 0.600. The minimum atomic E-state index is -0.270. The molecular formula is C15H24N2O3. The lowest BCUT2D eigenvalue weighted by Crippen LogP contribution is -2.39. The zero-order chi connectivity index (χ0) is 15.0. The first-order chi connectivity index (χ1) is 9.62. The van der Waals surface area contributed by atoms with Crippen molar-refractivity contribution >= 4 is 5.91 Å². The second-order valence-electron chi connectivity index (χ2n) is 4.83. The topological polar surface area (TPSA) is 71.5 Å². The van der Waals surface area contributed by atoms with Gasteiger partial charge in [-0.05, 0) is 31.9 Å². The van der Waals surface area contributed by atoms with Gasteiger partial charge in [0.15, 0.2) is 11.4 Å². The molecule has 0 fully saturated rings. The molecule has 0 saturated carbocycles. The Hall–Kier alpha value is -1.62. The van der Waals surface area contributed by atoms with Gasteiger partial charge in [0.25, 0.3) is 5.91 Å². The summed E-state index contributed by atoms with van der Waals surface area (Å²) in [6.07, 6.45) is 3.18. The number of carbonyl (C=O) groups excluding carboxylic acids is 1. The Morgan fingerprint density at radius 1 is 1.40 bits per heavy atom. The standard InChI is InChI=1S/C15H24N2O3/c1-4-15(5-2,11-18)10-17-14(19)13-12(20-6-3)8-7-9-16-13/h7-9,18H,4-6,10-11H2,1-3H3,(H,17,19). The smallest absolute Gasteiger partial charge is 0.273 e. The number of aliphatic hydroxyl groups excluding tert-OH is 1. The molecule has 0 bridgehead atoms. The molecule has 1 heterocycles. The van der Waals surface area contributed by atoms with Gasteiger partial charge in [0, 0.05) is 18.2 Å². The minimum Gasteiger partial charge on any atom is -0.491 e. The molecule has 0 radical (unpaired) electrons. The van der Waals surface area contributed by atoms with E-state index in [0.717, 1.165) is 12.8 Å². The Bertz CT molecular complexity index is 423. The summed E-state index contributed by atoms with van der Waals surface area (Å²) in [6, 6.07) is 3.46. The van der Waals surface area contributed by atoms with E-state index in [0.29, 0.717) is 18.9 Å². The van der Waals surface area contributed by atoms with Crippen molar-refractivity contribution in [2.24, 2.45) is 5.41 Å². The van der Waals surface area contributed by atoms with Gasteiger partial charge in [-0.3, -0.25) is 4.79 Å². The molecule has 5 heteroatoms. The molecule has 0 saturated heterocycles. The van der Waals surface area contributed by atoms with Crippen molar-refractivity contribution in [3.8, 4) is 5.75 Å². The molecular weight excluding hydrogens is 256 g/mol. The molecule has 1 rings (SSSR count). The lowest BCUT2D eigenvalue weighted by atomic mass is 9.83. The van der Waals surface area contributed by atoms with Crippen LogP contribution in [-0.4, -0.2) is 35.8 Å². The van der Waals surface area contributed by atoms with Gasteiger partial charge in [-0.2, -0.15) is 0 Å². The summed E-state index contributed by atoms with van der Waals surface area (Å²) >= 11 is 0. The highest BCUT2D eigenvalue weighted by Gasteiger charge is 2.26. The van der Waals surface area contributed by atoms with E-state index in [-0.39, 0.29) is 23.6 Å². The van der Waals surface area contributed by atoms with Crippen LogP contribution in [0.2, 0.25) is 0 Å². The quantitative estimate of drug-likeness (QED) is 0.764. The van der Waals surface area contributed by atoms with E-state index >= 15 is 0 Å². The van der Waals surface area contributed by atoms with E-state index in [2.05, 4.69) is 10.3 Å². The highest BCUT2D eigenvalue weighted by atomic mass is 16.5. The minimum absolute atomic E-state index is 0.0564. The van der Waals surface area contributed by atoms with Crippen LogP contribution in [0, 0.1) is 5.41 Å². The maximum absolute atomic E-state index is 12.2. The van der Waals surface area contributed by atoms with Crippen molar-refractivity contribution in [2.45, 2.75) is 33.6 Å². The second kappa shape index (κ2) is 7.85. The fourth-order valence-corrected chi connectivity index (χ4v) is 1.96. The Morgan fingerprint density at radius 2 is 2.10 bits per heavy atom. The molecule has 20 heavy (non-hydrogen) atoms. The zero-order valence-electron chi connectivity index (χ0n) is 12.5. The Kier molecular flexibility index (Phi) is 6.45. The molecule has 0 spiro atoms. The van der Waals surface area contributed by atoms with Crippen LogP contribution in [0.4, 0.5) is 0 Å². The molecule has 2 N–H and O–H groups in total. The van der Waals surface area contributed by atoms with Crippen molar-refractivity contribution < 1.29 is 14.6 Å². The van der Waals surface area contributed by atoms with Crippen molar-refractivity contribution in [1.29, 1.82) is 0 Å². The Labute approximate surface area is 120 Å². The predicted octanol–water partition coefficient (Wildman–Crippen LogP) is 2.01. The van der Waals surface area contributed by atoms with E-state index in [1.54, 1.807) is 18.3 Å². The van der Waals surface area contributed by atoms with Crippen LogP contribution in [-0.2, 0) is 0 Å². The number of aliphatic hydroxyl groups is 1. The average molecular weight is 280 g/mol. The van der Waals surface area contributed by atoms with Crippen molar-refractivity contribution in [3.05, 3.63) is 24.0 Å². The second-order valence-corrected chi connectivity index (χ2v) is 4.83. The molecule has 112 valence electrons. The summed E-state index contributed by atoms with van der Waals surface area (Å²) in [5.74, 6) is 0.212. The number of nitrogens with one attached hydrogen (secondary N) is 1. The van der Waals surface area contributed by atoms with Crippen molar-refractivity contribution in [2.75, 3.05) is 19.8 Å². The molecule has 1 aromatic rings. The SMILES string of the molecule is CCOc1cccnc1C(=O)NCC(CC)(CC)CO. The normalized spacial score (nSPS) is 11.2. The molecule has 0 atom stereocenters. The first-order valence-electron chi connectivity index (χ1n) is 7.09. The highest BCUT2D eigenvalue weighted by molar-refractivity contribution is 5.94. The van der Waals surface area contributed by atoms with Crippen LogP contribution in [0.25, 0.3) is 0 Å². The molecule has 0 aliphatic rings. The largest absolute Gasteiger partial charge is 0.491 e. The lowest BCUT2D eigenvalue weighted by Gasteiger charge is -2.29. The summed E-state index contributed by atoms with van der Waals surface area (Å²) in [5.41, 5.74) is 0.0179. The molecule has 1 amide bonds. The van der Waals surface area contributed by atoms with Gasteiger partial charge < -0.3 is 15.2 Å². The monoisotopic (exact) mass is 280 g/mol. The number of carbonyl (C=O) groups is 1. The van der Waals surface area contributed by atoms with Gasteiger partial charge in [0.2, 0.25) is 0 Å². The third-order valence-electron chi connectivity index (χ3n) is 3.74. The number of hydrogen-bond donors (Lipinski definition) is 2. The molecule has 0 aromatic carbocycles. The van der Waals surface area contributed by atoms with E-state index in [9.17, 15) is 9.90 Å². The lowest BCUT2D eigenvalue weighted by molar-refractivity contribution is 0.0843. The van der Waals surface area contributed by atoms with Crippen LogP contribution in [0.15, 0.2) is 18.3 Å². The molecule has 1 aromatic heterocycles. The van der Waals surface area contributed by atoms with E-state index in [4.69, 9.17) is 4.74 Å². The Morgan fingerprint density at radius 3 is 2.65 bits per heavy atom. The summed E-state index contributed by atoms with van der Waals surface area (Å²) in [5, 5.41) is 12.4. The van der Waals surface area contributed by atoms with Crippen LogP contribution >= 0.6 is 0 Å². The first-order valence-corrected chi connectivity index (χ1v) is 7.09. The molecule has 0 aliphatic heterocycles. The molecule has 5 nitrogen and oxygen atoms in total. The first kappa shape index (κ1) is 16.4. The summed E-state index contributed by atoms with van der Waals surface area (Å²) < 4.78 is 5.40. The van der Waals surface area contributed by atoms with Gasteiger partial charge in [-0.25, -0.2) is 4.98 Å². The van der Waals surface area contributed by atoms with E-state index in [1.807, 2.05) is 20.8 Å². The number of ether oxygens (including phenoxy) is 1. The zero-order valence-corrected chi connectivity index (χ0v) is 12.5. The summed E-state index contributed by atoms with van der Waals surface area (Å²) in [4.78, 5) is 16.3. The molecule has 0 aliphatic carbocycles. The summed E-state index contributed by atoms with van der Waals surface area (Å²) in [7, 11) is 0. The van der Waals surface area contributed by atoms with Gasteiger partial charge in [0.05, 0.1) is 13.2 Å². The van der Waals surface area contributed by atoms with Gasteiger partial charge >= 0.3 is 0 Å². The number of rotatable bonds is 8. The van der Waals surface area contributed by atoms with Crippen LogP contribution in [0.3, 0.4) is 0 Å². The number of aromatic nitrogens is 1. The van der Waals surface area contributed by atoms with Crippen LogP contribution in [0.5, 0.6) is 5.75 Å². The number of amides is 1. The van der Waals surface area contributed by atoms with E-state index in [1.165, 1.54) is 0 Å². The maximum Gasteiger partial charge on any atom is 0.273 e. The molecule has 0 unspecified atom stereocenters. The number of hydrogen-bond acceptors (Lipinski definition) is 4. The van der Waals surface area contributed by atoms with Crippen molar-refractivity contribution in [1.82, 2.24) is 10.3 Å². The third-order valence-corrected chi connectivity index (χ3v) is 3.74. The maximum atomic E-state index is 12.2. The van der Waals surface area contributed by atoms with Crippen LogP contribution < -0.4 is 10.1 Å². The Balaban J connectivity index is 2.76. The van der Waals surface area contributed by atoms with Gasteiger partial charge in [-0.15, -0.1) is 0 Å². The van der Waals surface area contributed by atoms with Crippen LogP contribution in [0.1, 0.15) is 44.1 Å². The number of nitrogens with zero attached hydrogens (tertiary/aromatic N) is 1. The predicted molar refractivity (Wildman–Crippen MR) is 77.8 cm³/mol. The average Bonchev–Trinajstić information content (AvgIpc) is 2.50. The summed E-state index contributed by atoms with van der Waals surface area (Å²) in [6.45, 7) is 6.85. The van der Waals surface area contributed by atoms with Gasteiger partial charge in [-0.1, -0.05) is 13.8 Å². The van der Waals surface area contributed by atoms with Crippen molar-refractivity contribution in [3.63, 3.8) is 0 Å². The fourth-order valence-electron chi connectivity index (χ4n) is 1.96. The third kappa shape index (κ3) is 3.93. The highest BCUT2D eigenvalue weighted by Crippen LogP contribution is 2.24.